The quantitative estimate of drug-likeness (QED) is 0.645. The van der Waals surface area contributed by atoms with Gasteiger partial charge in [-0.1, -0.05) is 71.0 Å². The van der Waals surface area contributed by atoms with Crippen LogP contribution >= 0.6 is 11.3 Å². The van der Waals surface area contributed by atoms with Crippen molar-refractivity contribution in [1.82, 2.24) is 10.3 Å². The Kier molecular flexibility index (Phi) is 6.21. The molecule has 0 saturated carbocycles. The average Bonchev–Trinajstić information content (AvgIpc) is 3.06. The smallest absolute Gasteiger partial charge is 0.227 e. The second kappa shape index (κ2) is 8.80. The van der Waals surface area contributed by atoms with Crippen LogP contribution in [0.3, 0.4) is 0 Å². The van der Waals surface area contributed by atoms with Crippen LogP contribution in [0.15, 0.2) is 48.5 Å². The Hall–Kier alpha value is -2.99. The van der Waals surface area contributed by atoms with Crippen molar-refractivity contribution < 1.29 is 9.59 Å². The summed E-state index contributed by atoms with van der Waals surface area (Å²) in [4.78, 5) is 28.8. The zero-order chi connectivity index (χ0) is 20.1. The fraction of sp³-hybridized carbons (Fsp3) is 0.227. The Labute approximate surface area is 168 Å². The predicted molar refractivity (Wildman–Crippen MR) is 114 cm³/mol. The first-order valence-corrected chi connectivity index (χ1v) is 9.93. The molecule has 3 rings (SSSR count). The molecule has 0 saturated heterocycles. The number of rotatable bonds is 6. The number of carbonyl (C=O) groups excluding carboxylic acids is 2. The summed E-state index contributed by atoms with van der Waals surface area (Å²) >= 11 is 1.46. The molecule has 0 fully saturated rings. The van der Waals surface area contributed by atoms with E-state index in [1.807, 2.05) is 19.1 Å². The second-order valence-corrected chi connectivity index (χ2v) is 7.71. The Balaban J connectivity index is 1.89. The van der Waals surface area contributed by atoms with Gasteiger partial charge >= 0.3 is 0 Å². The topological polar surface area (TPSA) is 71.1 Å². The van der Waals surface area contributed by atoms with Crippen LogP contribution in [0.1, 0.15) is 24.5 Å². The predicted octanol–water partition coefficient (Wildman–Crippen LogP) is 4.56. The molecule has 0 atom stereocenters. The fourth-order valence-corrected chi connectivity index (χ4v) is 3.72. The van der Waals surface area contributed by atoms with Gasteiger partial charge in [-0.15, -0.1) is 0 Å². The number of hydrogen-bond acceptors (Lipinski definition) is 4. The first kappa shape index (κ1) is 19.8. The number of aryl methyl sites for hydroxylation is 2. The highest BCUT2D eigenvalue weighted by atomic mass is 32.1. The number of hydrogen-bond donors (Lipinski definition) is 2. The molecule has 1 aromatic heterocycles. The molecular weight excluding hydrogens is 370 g/mol. The van der Waals surface area contributed by atoms with E-state index in [1.165, 1.54) is 29.4 Å². The molecule has 0 aliphatic heterocycles. The van der Waals surface area contributed by atoms with Crippen LogP contribution in [0.4, 0.5) is 5.13 Å². The lowest BCUT2D eigenvalue weighted by Gasteiger charge is -2.04. The minimum atomic E-state index is -0.173. The van der Waals surface area contributed by atoms with Crippen LogP contribution in [0.2, 0.25) is 0 Å². The number of anilines is 1. The molecule has 5 nitrogen and oxygen atoms in total. The number of nitrogens with one attached hydrogen (secondary N) is 2. The lowest BCUT2D eigenvalue weighted by molar-refractivity contribution is -0.119. The van der Waals surface area contributed by atoms with Crippen molar-refractivity contribution in [3.63, 3.8) is 0 Å². The summed E-state index contributed by atoms with van der Waals surface area (Å²) in [5.74, 6) is -0.321. The first-order chi connectivity index (χ1) is 13.4. The molecule has 0 aliphatic rings. The third-order valence-electron chi connectivity index (χ3n) is 4.24. The molecular formula is C22H23N3O2S. The van der Waals surface area contributed by atoms with Crippen molar-refractivity contribution in [2.24, 2.45) is 0 Å². The van der Waals surface area contributed by atoms with Gasteiger partial charge in [-0.2, -0.15) is 0 Å². The van der Waals surface area contributed by atoms with Gasteiger partial charge in [0, 0.05) is 25.5 Å². The molecule has 1 heterocycles. The molecule has 0 aliphatic carbocycles. The van der Waals surface area contributed by atoms with E-state index in [1.54, 1.807) is 0 Å². The van der Waals surface area contributed by atoms with Crippen molar-refractivity contribution in [3.8, 4) is 21.7 Å². The van der Waals surface area contributed by atoms with Crippen molar-refractivity contribution in [2.45, 2.75) is 27.2 Å². The van der Waals surface area contributed by atoms with Crippen molar-refractivity contribution in [1.29, 1.82) is 0 Å². The van der Waals surface area contributed by atoms with E-state index >= 15 is 0 Å². The minimum absolute atomic E-state index is 0.148. The van der Waals surface area contributed by atoms with E-state index in [0.717, 1.165) is 21.7 Å². The zero-order valence-corrected chi connectivity index (χ0v) is 17.0. The number of carbonyl (C=O) groups is 2. The van der Waals surface area contributed by atoms with Crippen molar-refractivity contribution in [2.75, 3.05) is 11.9 Å². The Morgan fingerprint density at radius 1 is 0.929 bits per heavy atom. The third-order valence-corrected chi connectivity index (χ3v) is 5.26. The maximum atomic E-state index is 12.2. The Morgan fingerprint density at radius 2 is 1.50 bits per heavy atom. The molecule has 2 aromatic carbocycles. The normalized spacial score (nSPS) is 10.5. The van der Waals surface area contributed by atoms with E-state index in [0.29, 0.717) is 11.7 Å². The van der Waals surface area contributed by atoms with Gasteiger partial charge < -0.3 is 10.6 Å². The van der Waals surface area contributed by atoms with Crippen molar-refractivity contribution in [3.05, 3.63) is 59.7 Å². The van der Waals surface area contributed by atoms with Crippen LogP contribution in [-0.2, 0) is 9.59 Å². The molecule has 0 radical (unpaired) electrons. The second-order valence-electron chi connectivity index (χ2n) is 6.71. The summed E-state index contributed by atoms with van der Waals surface area (Å²) in [6.07, 6.45) is 0.207. The summed E-state index contributed by atoms with van der Waals surface area (Å²) in [6.45, 7) is 5.84. The molecule has 2 amide bonds. The third kappa shape index (κ3) is 5.04. The zero-order valence-electron chi connectivity index (χ0n) is 16.2. The Bertz CT molecular complexity index is 913. The summed E-state index contributed by atoms with van der Waals surface area (Å²) < 4.78 is 0. The number of thiazole rings is 1. The van der Waals surface area contributed by atoms with E-state index in [-0.39, 0.29) is 18.2 Å². The largest absolute Gasteiger partial charge is 0.356 e. The lowest BCUT2D eigenvalue weighted by atomic mass is 10.0. The number of benzene rings is 2. The van der Waals surface area contributed by atoms with Gasteiger partial charge in [0.15, 0.2) is 5.13 Å². The summed E-state index contributed by atoms with van der Waals surface area (Å²) in [5.41, 5.74) is 5.30. The highest BCUT2D eigenvalue weighted by Crippen LogP contribution is 2.39. The average molecular weight is 394 g/mol. The van der Waals surface area contributed by atoms with E-state index < -0.39 is 0 Å². The standard InChI is InChI=1S/C22H23N3O2S/c1-14-4-8-17(9-5-14)20-21(18-10-6-15(2)7-11-18)28-22(25-20)24-19(27)12-13-23-16(3)26/h4-11H,12-13H2,1-3H3,(H,23,26)(H,24,25,27). The van der Waals surface area contributed by atoms with E-state index in [2.05, 4.69) is 54.0 Å². The molecule has 0 unspecified atom stereocenters. The SMILES string of the molecule is CC(=O)NCCC(=O)Nc1nc(-c2ccc(C)cc2)c(-c2ccc(C)cc2)s1. The van der Waals surface area contributed by atoms with E-state index in [9.17, 15) is 9.59 Å². The van der Waals surface area contributed by atoms with Crippen LogP contribution in [0.25, 0.3) is 21.7 Å². The summed E-state index contributed by atoms with van der Waals surface area (Å²) in [6, 6.07) is 16.5. The van der Waals surface area contributed by atoms with Crippen LogP contribution in [0.5, 0.6) is 0 Å². The number of nitrogens with zero attached hydrogens (tertiary/aromatic N) is 1. The molecule has 6 heteroatoms. The Morgan fingerprint density at radius 3 is 2.07 bits per heavy atom. The van der Waals surface area contributed by atoms with Gasteiger partial charge in [0.25, 0.3) is 0 Å². The van der Waals surface area contributed by atoms with Crippen LogP contribution in [-0.4, -0.2) is 23.3 Å². The van der Waals surface area contributed by atoms with Gasteiger partial charge in [0.2, 0.25) is 11.8 Å². The van der Waals surface area contributed by atoms with Gasteiger partial charge in [0.1, 0.15) is 0 Å². The molecule has 144 valence electrons. The lowest BCUT2D eigenvalue weighted by Crippen LogP contribution is -2.25. The van der Waals surface area contributed by atoms with E-state index in [4.69, 9.17) is 4.98 Å². The molecule has 0 spiro atoms. The molecule has 0 bridgehead atoms. The first-order valence-electron chi connectivity index (χ1n) is 9.11. The van der Waals surface area contributed by atoms with Crippen LogP contribution in [0, 0.1) is 13.8 Å². The number of amides is 2. The summed E-state index contributed by atoms with van der Waals surface area (Å²) in [7, 11) is 0. The highest BCUT2D eigenvalue weighted by Gasteiger charge is 2.16. The van der Waals surface area contributed by atoms with Gasteiger partial charge in [-0.05, 0) is 19.4 Å². The van der Waals surface area contributed by atoms with Crippen LogP contribution < -0.4 is 10.6 Å². The van der Waals surface area contributed by atoms with Crippen molar-refractivity contribution >= 4 is 28.3 Å². The molecule has 2 N–H and O–H groups in total. The fourth-order valence-electron chi connectivity index (χ4n) is 2.72. The maximum absolute atomic E-state index is 12.2. The molecule has 3 aromatic rings. The molecule has 28 heavy (non-hydrogen) atoms. The van der Waals surface area contributed by atoms with Gasteiger partial charge in [-0.3, -0.25) is 9.59 Å². The maximum Gasteiger partial charge on any atom is 0.227 e. The number of aromatic nitrogens is 1. The highest BCUT2D eigenvalue weighted by molar-refractivity contribution is 7.19. The summed E-state index contributed by atoms with van der Waals surface area (Å²) in [5, 5.41) is 6.03. The monoisotopic (exact) mass is 393 g/mol. The van der Waals surface area contributed by atoms with Gasteiger partial charge in [-0.25, -0.2) is 4.98 Å². The minimum Gasteiger partial charge on any atom is -0.356 e. The van der Waals surface area contributed by atoms with Gasteiger partial charge in [0.05, 0.1) is 10.6 Å².